The topological polar surface area (TPSA) is 13.1 Å². The van der Waals surface area contributed by atoms with Gasteiger partial charge >= 0.3 is 0 Å². The highest BCUT2D eigenvalue weighted by Gasteiger charge is 2.20. The van der Waals surface area contributed by atoms with Crippen molar-refractivity contribution in [2.24, 2.45) is 11.8 Å². The van der Waals surface area contributed by atoms with Crippen molar-refractivity contribution >= 4 is 11.3 Å². The van der Waals surface area contributed by atoms with Crippen molar-refractivity contribution in [1.82, 2.24) is 0 Å². The summed E-state index contributed by atoms with van der Waals surface area (Å²) in [5, 5.41) is 2.36. The molecule has 0 aromatic carbocycles. The van der Waals surface area contributed by atoms with Gasteiger partial charge in [-0.25, -0.2) is 0 Å². The molecular weight excluding hydrogens is 288 g/mol. The van der Waals surface area contributed by atoms with Crippen molar-refractivity contribution in [2.75, 3.05) is 0 Å². The Balaban J connectivity index is 2.00. The lowest BCUT2D eigenvalue weighted by Crippen LogP contribution is -2.07. The van der Waals surface area contributed by atoms with E-state index in [0.29, 0.717) is 17.8 Å². The summed E-state index contributed by atoms with van der Waals surface area (Å²) in [4.78, 5) is 1.56. The first kappa shape index (κ1) is 17.3. The maximum absolute atomic E-state index is 5.64. The first-order valence-corrected chi connectivity index (χ1v) is 9.51. The van der Waals surface area contributed by atoms with Gasteiger partial charge in [0.25, 0.3) is 0 Å². The molecule has 0 saturated heterocycles. The summed E-state index contributed by atoms with van der Waals surface area (Å²) < 4.78 is 5.64. The second-order valence-corrected chi connectivity index (χ2v) is 7.96. The predicted molar refractivity (Wildman–Crippen MR) is 96.8 cm³/mol. The SMILES string of the molecule is CCC(c1cc(CCC(c2ccco2)C(C)C)cs1)C(C)C. The predicted octanol–water partition coefficient (Wildman–Crippen LogP) is 6.86. The molecule has 2 heterocycles. The molecule has 2 unspecified atom stereocenters. The summed E-state index contributed by atoms with van der Waals surface area (Å²) in [5.74, 6) is 3.71. The Labute approximate surface area is 139 Å². The molecule has 2 heteroatoms. The zero-order valence-corrected chi connectivity index (χ0v) is 15.5. The zero-order chi connectivity index (χ0) is 16.1. The van der Waals surface area contributed by atoms with Crippen LogP contribution in [0.3, 0.4) is 0 Å². The van der Waals surface area contributed by atoms with E-state index in [-0.39, 0.29) is 0 Å². The minimum Gasteiger partial charge on any atom is -0.469 e. The lowest BCUT2D eigenvalue weighted by atomic mass is 9.87. The number of thiophene rings is 1. The van der Waals surface area contributed by atoms with E-state index in [1.807, 2.05) is 17.4 Å². The molecule has 0 fully saturated rings. The molecule has 0 saturated carbocycles. The number of furan rings is 1. The van der Waals surface area contributed by atoms with E-state index in [1.54, 1.807) is 11.1 Å². The summed E-state index contributed by atoms with van der Waals surface area (Å²) in [6, 6.07) is 6.57. The van der Waals surface area contributed by atoms with Crippen LogP contribution in [0.1, 0.15) is 75.5 Å². The molecule has 2 rings (SSSR count). The molecule has 0 aliphatic carbocycles. The maximum Gasteiger partial charge on any atom is 0.107 e. The van der Waals surface area contributed by atoms with E-state index in [0.717, 1.165) is 18.1 Å². The van der Waals surface area contributed by atoms with Gasteiger partial charge < -0.3 is 4.42 Å². The second kappa shape index (κ2) is 8.01. The third-order valence-corrected chi connectivity index (χ3v) is 5.85. The molecule has 0 radical (unpaired) electrons. The second-order valence-electron chi connectivity index (χ2n) is 7.02. The van der Waals surface area contributed by atoms with Crippen LogP contribution >= 0.6 is 11.3 Å². The normalized spacial score (nSPS) is 14.7. The van der Waals surface area contributed by atoms with Crippen LogP contribution in [-0.4, -0.2) is 0 Å². The quantitative estimate of drug-likeness (QED) is 0.518. The van der Waals surface area contributed by atoms with Crippen LogP contribution in [0.2, 0.25) is 0 Å². The average Bonchev–Trinajstić information content (AvgIpc) is 3.11. The lowest BCUT2D eigenvalue weighted by Gasteiger charge is -2.18. The number of aryl methyl sites for hydroxylation is 1. The highest BCUT2D eigenvalue weighted by molar-refractivity contribution is 7.10. The van der Waals surface area contributed by atoms with E-state index in [2.05, 4.69) is 52.1 Å². The van der Waals surface area contributed by atoms with Crippen molar-refractivity contribution in [1.29, 1.82) is 0 Å². The highest BCUT2D eigenvalue weighted by atomic mass is 32.1. The molecule has 2 atom stereocenters. The van der Waals surface area contributed by atoms with E-state index < -0.39 is 0 Å². The number of hydrogen-bond acceptors (Lipinski definition) is 2. The molecule has 0 aliphatic heterocycles. The Morgan fingerprint density at radius 2 is 1.82 bits per heavy atom. The van der Waals surface area contributed by atoms with Gasteiger partial charge in [0, 0.05) is 10.8 Å². The van der Waals surface area contributed by atoms with Crippen LogP contribution in [0.5, 0.6) is 0 Å². The van der Waals surface area contributed by atoms with E-state index in [1.165, 1.54) is 18.4 Å². The molecular formula is C20H30OS. The van der Waals surface area contributed by atoms with Crippen LogP contribution < -0.4 is 0 Å². The van der Waals surface area contributed by atoms with Gasteiger partial charge in [0.15, 0.2) is 0 Å². The van der Waals surface area contributed by atoms with Crippen molar-refractivity contribution in [3.05, 3.63) is 46.0 Å². The van der Waals surface area contributed by atoms with Crippen LogP contribution in [0.15, 0.2) is 34.3 Å². The molecule has 2 aromatic rings. The van der Waals surface area contributed by atoms with Crippen LogP contribution in [0.4, 0.5) is 0 Å². The number of hydrogen-bond donors (Lipinski definition) is 0. The fourth-order valence-electron chi connectivity index (χ4n) is 3.35. The lowest BCUT2D eigenvalue weighted by molar-refractivity contribution is 0.378. The van der Waals surface area contributed by atoms with Gasteiger partial charge in [-0.05, 0) is 66.2 Å². The molecule has 1 nitrogen and oxygen atoms in total. The summed E-state index contributed by atoms with van der Waals surface area (Å²) >= 11 is 1.94. The molecule has 0 spiro atoms. The highest BCUT2D eigenvalue weighted by Crippen LogP contribution is 2.34. The maximum atomic E-state index is 5.64. The minimum absolute atomic E-state index is 0.519. The Morgan fingerprint density at radius 3 is 2.36 bits per heavy atom. The first-order valence-electron chi connectivity index (χ1n) is 8.63. The third-order valence-electron chi connectivity index (χ3n) is 4.74. The van der Waals surface area contributed by atoms with E-state index >= 15 is 0 Å². The Kier molecular flexibility index (Phi) is 6.31. The Bertz CT molecular complexity index is 536. The average molecular weight is 319 g/mol. The van der Waals surface area contributed by atoms with Gasteiger partial charge in [0.2, 0.25) is 0 Å². The summed E-state index contributed by atoms with van der Waals surface area (Å²) in [6.07, 6.45) is 5.34. The standard InChI is InChI=1S/C20H30OS/c1-6-17(14(2)3)20-12-16(13-22-20)9-10-18(15(4)5)19-8-7-11-21-19/h7-8,11-15,17-18H,6,9-10H2,1-5H3. The van der Waals surface area contributed by atoms with E-state index in [9.17, 15) is 0 Å². The van der Waals surface area contributed by atoms with Gasteiger partial charge in [-0.15, -0.1) is 11.3 Å². The molecule has 22 heavy (non-hydrogen) atoms. The van der Waals surface area contributed by atoms with Crippen LogP contribution in [0.25, 0.3) is 0 Å². The third kappa shape index (κ3) is 4.25. The molecule has 0 N–H and O–H groups in total. The monoisotopic (exact) mass is 318 g/mol. The molecule has 0 aliphatic rings. The zero-order valence-electron chi connectivity index (χ0n) is 14.6. The molecule has 122 valence electrons. The minimum atomic E-state index is 0.519. The molecule has 2 aromatic heterocycles. The van der Waals surface area contributed by atoms with Gasteiger partial charge in [-0.3, -0.25) is 0 Å². The first-order chi connectivity index (χ1) is 10.5. The van der Waals surface area contributed by atoms with Gasteiger partial charge in [0.1, 0.15) is 5.76 Å². The Morgan fingerprint density at radius 1 is 1.09 bits per heavy atom. The van der Waals surface area contributed by atoms with Crippen molar-refractivity contribution < 1.29 is 4.42 Å². The van der Waals surface area contributed by atoms with Crippen molar-refractivity contribution in [2.45, 2.75) is 65.7 Å². The number of rotatable bonds is 8. The fourth-order valence-corrected chi connectivity index (χ4v) is 4.66. The molecule has 0 bridgehead atoms. The Hall–Kier alpha value is -1.02. The van der Waals surface area contributed by atoms with Gasteiger partial charge in [-0.1, -0.05) is 34.6 Å². The largest absolute Gasteiger partial charge is 0.469 e. The summed E-state index contributed by atoms with van der Waals surface area (Å²) in [5.41, 5.74) is 1.50. The summed E-state index contributed by atoms with van der Waals surface area (Å²) in [6.45, 7) is 11.5. The smallest absolute Gasteiger partial charge is 0.107 e. The molecule has 0 amide bonds. The van der Waals surface area contributed by atoms with Gasteiger partial charge in [-0.2, -0.15) is 0 Å². The van der Waals surface area contributed by atoms with Crippen LogP contribution in [-0.2, 0) is 6.42 Å². The van der Waals surface area contributed by atoms with Crippen LogP contribution in [0, 0.1) is 11.8 Å². The van der Waals surface area contributed by atoms with E-state index in [4.69, 9.17) is 4.42 Å². The fraction of sp³-hybridized carbons (Fsp3) is 0.600. The van der Waals surface area contributed by atoms with Crippen molar-refractivity contribution in [3.8, 4) is 0 Å². The van der Waals surface area contributed by atoms with Gasteiger partial charge in [0.05, 0.1) is 6.26 Å². The van der Waals surface area contributed by atoms with Crippen molar-refractivity contribution in [3.63, 3.8) is 0 Å². The summed E-state index contributed by atoms with van der Waals surface area (Å²) in [7, 11) is 0.